The van der Waals surface area contributed by atoms with E-state index >= 15 is 0 Å². The first kappa shape index (κ1) is 17.9. The number of carbonyl (C=O) groups excluding carboxylic acids is 1. The van der Waals surface area contributed by atoms with Crippen molar-refractivity contribution in [1.82, 2.24) is 4.90 Å². The summed E-state index contributed by atoms with van der Waals surface area (Å²) in [6.45, 7) is 2.38. The second-order valence-corrected chi connectivity index (χ2v) is 6.34. The molecule has 1 saturated heterocycles. The number of nitrogens with zero attached hydrogens (tertiary/aromatic N) is 2. The molecule has 0 saturated carbocycles. The van der Waals surface area contributed by atoms with E-state index in [0.29, 0.717) is 12.2 Å². The second-order valence-electron chi connectivity index (χ2n) is 6.34. The van der Waals surface area contributed by atoms with Crippen molar-refractivity contribution >= 4 is 17.3 Å². The maximum atomic E-state index is 12.6. The number of nitro groups is 1. The Kier molecular flexibility index (Phi) is 5.48. The molecule has 0 aromatic heterocycles. The number of non-ortho nitro benzene ring substituents is 1. The predicted octanol–water partition coefficient (Wildman–Crippen LogP) is 3.06. The van der Waals surface area contributed by atoms with Crippen LogP contribution in [0.25, 0.3) is 0 Å². The monoisotopic (exact) mass is 355 g/mol. The van der Waals surface area contributed by atoms with Gasteiger partial charge in [-0.1, -0.05) is 30.3 Å². The van der Waals surface area contributed by atoms with Gasteiger partial charge in [0, 0.05) is 19.2 Å². The Morgan fingerprint density at radius 3 is 2.77 bits per heavy atom. The number of rotatable bonds is 6. The van der Waals surface area contributed by atoms with Gasteiger partial charge in [0.2, 0.25) is 5.91 Å². The molecule has 7 nitrogen and oxygen atoms in total. The predicted molar refractivity (Wildman–Crippen MR) is 98.1 cm³/mol. The largest absolute Gasteiger partial charge is 0.494 e. The minimum atomic E-state index is -0.494. The van der Waals surface area contributed by atoms with Gasteiger partial charge in [0.05, 0.1) is 29.7 Å². The highest BCUT2D eigenvalue weighted by Gasteiger charge is 2.29. The highest BCUT2D eigenvalue weighted by molar-refractivity contribution is 5.94. The summed E-state index contributed by atoms with van der Waals surface area (Å²) in [5.41, 5.74) is 1.60. The smallest absolute Gasteiger partial charge is 0.273 e. The first-order valence-electron chi connectivity index (χ1n) is 8.46. The lowest BCUT2D eigenvalue weighted by Crippen LogP contribution is -2.27. The molecule has 26 heavy (non-hydrogen) atoms. The van der Waals surface area contributed by atoms with Crippen molar-refractivity contribution in [2.75, 3.05) is 25.5 Å². The van der Waals surface area contributed by atoms with Crippen LogP contribution in [0.2, 0.25) is 0 Å². The van der Waals surface area contributed by atoms with Gasteiger partial charge in [-0.15, -0.1) is 0 Å². The zero-order valence-electron chi connectivity index (χ0n) is 14.6. The summed E-state index contributed by atoms with van der Waals surface area (Å²) in [6.07, 6.45) is 0.786. The molecule has 1 atom stereocenters. The van der Waals surface area contributed by atoms with E-state index in [9.17, 15) is 14.9 Å². The third-order valence-electron chi connectivity index (χ3n) is 4.55. The zero-order chi connectivity index (χ0) is 18.5. The quantitative estimate of drug-likeness (QED) is 0.636. The lowest BCUT2D eigenvalue weighted by atomic mass is 10.1. The van der Waals surface area contributed by atoms with Gasteiger partial charge in [-0.2, -0.15) is 0 Å². The topological polar surface area (TPSA) is 84.7 Å². The first-order valence-corrected chi connectivity index (χ1v) is 8.46. The highest BCUT2D eigenvalue weighted by Crippen LogP contribution is 2.30. The second kappa shape index (κ2) is 7.97. The molecule has 0 aliphatic carbocycles. The molecular formula is C19H21N3O4. The Labute approximate surface area is 151 Å². The van der Waals surface area contributed by atoms with Gasteiger partial charge in [-0.25, -0.2) is 0 Å². The molecule has 136 valence electrons. The summed E-state index contributed by atoms with van der Waals surface area (Å²) >= 11 is 0. The van der Waals surface area contributed by atoms with Crippen LogP contribution in [0.4, 0.5) is 11.4 Å². The summed E-state index contributed by atoms with van der Waals surface area (Å²) in [7, 11) is 1.42. The van der Waals surface area contributed by atoms with E-state index in [0.717, 1.165) is 19.5 Å². The molecular weight excluding hydrogens is 334 g/mol. The number of nitro benzene ring substituents is 1. The molecule has 1 fully saturated rings. The summed E-state index contributed by atoms with van der Waals surface area (Å²) in [5, 5.41) is 13.7. The summed E-state index contributed by atoms with van der Waals surface area (Å²) < 4.78 is 5.17. The van der Waals surface area contributed by atoms with Crippen molar-refractivity contribution < 1.29 is 14.5 Å². The normalized spacial score (nSPS) is 17.0. The van der Waals surface area contributed by atoms with Crippen LogP contribution >= 0.6 is 0 Å². The van der Waals surface area contributed by atoms with Crippen LogP contribution in [0.5, 0.6) is 5.75 Å². The number of anilines is 1. The molecule has 0 bridgehead atoms. The summed E-state index contributed by atoms with van der Waals surface area (Å²) in [5.74, 6) is 0.0815. The van der Waals surface area contributed by atoms with E-state index in [1.165, 1.54) is 30.9 Å². The lowest BCUT2D eigenvalue weighted by Gasteiger charge is -2.16. The molecule has 1 heterocycles. The number of methoxy groups -OCH3 is 1. The fourth-order valence-corrected chi connectivity index (χ4v) is 3.16. The van der Waals surface area contributed by atoms with Crippen molar-refractivity contribution in [2.45, 2.75) is 13.0 Å². The van der Waals surface area contributed by atoms with Crippen LogP contribution in [0, 0.1) is 16.0 Å². The molecule has 0 spiro atoms. The maximum absolute atomic E-state index is 12.6. The van der Waals surface area contributed by atoms with Gasteiger partial charge in [0.25, 0.3) is 5.69 Å². The van der Waals surface area contributed by atoms with E-state index in [-0.39, 0.29) is 23.3 Å². The number of amides is 1. The van der Waals surface area contributed by atoms with Gasteiger partial charge >= 0.3 is 0 Å². The molecule has 1 N–H and O–H groups in total. The Morgan fingerprint density at radius 1 is 1.31 bits per heavy atom. The number of ether oxygens (including phenoxy) is 1. The summed E-state index contributed by atoms with van der Waals surface area (Å²) in [6, 6.07) is 14.3. The molecule has 1 unspecified atom stereocenters. The van der Waals surface area contributed by atoms with Crippen molar-refractivity contribution in [1.29, 1.82) is 0 Å². The standard InChI is InChI=1S/C19H21N3O4/c1-26-18-11-16(22(24)25)7-8-17(18)20-19(23)15-9-10-21(13-15)12-14-5-3-2-4-6-14/h2-8,11,15H,9-10,12-13H2,1H3,(H,20,23). The fourth-order valence-electron chi connectivity index (χ4n) is 3.16. The van der Waals surface area contributed by atoms with Gasteiger partial charge in [-0.05, 0) is 24.6 Å². The number of hydrogen-bond acceptors (Lipinski definition) is 5. The fraction of sp³-hybridized carbons (Fsp3) is 0.316. The van der Waals surface area contributed by atoms with E-state index in [1.807, 2.05) is 18.2 Å². The third kappa shape index (κ3) is 4.18. The molecule has 1 aliphatic heterocycles. The minimum Gasteiger partial charge on any atom is -0.494 e. The average Bonchev–Trinajstić information content (AvgIpc) is 3.11. The van der Waals surface area contributed by atoms with Crippen LogP contribution in [-0.2, 0) is 11.3 Å². The van der Waals surface area contributed by atoms with Crippen LogP contribution < -0.4 is 10.1 Å². The number of benzene rings is 2. The van der Waals surface area contributed by atoms with Crippen LogP contribution in [-0.4, -0.2) is 35.9 Å². The van der Waals surface area contributed by atoms with E-state index in [4.69, 9.17) is 4.74 Å². The first-order chi connectivity index (χ1) is 12.6. The molecule has 7 heteroatoms. The van der Waals surface area contributed by atoms with Gasteiger partial charge in [0.1, 0.15) is 5.75 Å². The zero-order valence-corrected chi connectivity index (χ0v) is 14.6. The Hall–Kier alpha value is -2.93. The number of nitrogens with one attached hydrogen (secondary N) is 1. The van der Waals surface area contributed by atoms with Crippen LogP contribution in [0.15, 0.2) is 48.5 Å². The van der Waals surface area contributed by atoms with Crippen molar-refractivity contribution in [3.8, 4) is 5.75 Å². The van der Waals surface area contributed by atoms with Crippen LogP contribution in [0.3, 0.4) is 0 Å². The Balaban J connectivity index is 1.61. The molecule has 2 aromatic rings. The molecule has 0 radical (unpaired) electrons. The number of likely N-dealkylation sites (tertiary alicyclic amines) is 1. The Morgan fingerprint density at radius 2 is 2.08 bits per heavy atom. The summed E-state index contributed by atoms with van der Waals surface area (Å²) in [4.78, 5) is 25.2. The number of hydrogen-bond donors (Lipinski definition) is 1. The average molecular weight is 355 g/mol. The highest BCUT2D eigenvalue weighted by atomic mass is 16.6. The number of carbonyl (C=O) groups is 1. The SMILES string of the molecule is COc1cc([N+](=O)[O-])ccc1NC(=O)C1CCN(Cc2ccccc2)C1. The van der Waals surface area contributed by atoms with Crippen molar-refractivity contribution in [3.05, 3.63) is 64.2 Å². The van der Waals surface area contributed by atoms with Gasteiger partial charge in [0.15, 0.2) is 0 Å². The van der Waals surface area contributed by atoms with E-state index < -0.39 is 4.92 Å². The molecule has 3 rings (SSSR count). The minimum absolute atomic E-state index is 0.0743. The Bertz CT molecular complexity index is 795. The van der Waals surface area contributed by atoms with Crippen molar-refractivity contribution in [2.24, 2.45) is 5.92 Å². The molecule has 2 aromatic carbocycles. The van der Waals surface area contributed by atoms with Gasteiger partial charge < -0.3 is 10.1 Å². The van der Waals surface area contributed by atoms with E-state index in [1.54, 1.807) is 0 Å². The van der Waals surface area contributed by atoms with Gasteiger partial charge in [-0.3, -0.25) is 19.8 Å². The van der Waals surface area contributed by atoms with Crippen molar-refractivity contribution in [3.63, 3.8) is 0 Å². The third-order valence-corrected chi connectivity index (χ3v) is 4.55. The maximum Gasteiger partial charge on any atom is 0.273 e. The lowest BCUT2D eigenvalue weighted by molar-refractivity contribution is -0.384. The van der Waals surface area contributed by atoms with E-state index in [2.05, 4.69) is 22.3 Å². The molecule has 1 amide bonds. The van der Waals surface area contributed by atoms with Crippen LogP contribution in [0.1, 0.15) is 12.0 Å². The molecule has 1 aliphatic rings.